The second-order valence-corrected chi connectivity index (χ2v) is 5.19. The number of hydrogen-bond donors (Lipinski definition) is 2. The van der Waals surface area contributed by atoms with Gasteiger partial charge in [-0.3, -0.25) is 4.90 Å². The molecule has 0 aromatic heterocycles. The van der Waals surface area contributed by atoms with E-state index in [-0.39, 0.29) is 18.7 Å². The Hall–Kier alpha value is -1.10. The number of nitrogens with two attached hydrogens (primary N) is 1. The Bertz CT molecular complexity index is 365. The minimum Gasteiger partial charge on any atom is -0.497 e. The van der Waals surface area contributed by atoms with Gasteiger partial charge in [-0.15, -0.1) is 0 Å². The maximum Gasteiger partial charge on any atom is 0.118 e. The summed E-state index contributed by atoms with van der Waals surface area (Å²) in [5.41, 5.74) is 7.36. The van der Waals surface area contributed by atoms with Crippen molar-refractivity contribution in [3.63, 3.8) is 0 Å². The molecule has 0 aliphatic heterocycles. The number of rotatable bonds is 9. The average Bonchev–Trinajstić information content (AvgIpc) is 2.45. The lowest BCUT2D eigenvalue weighted by atomic mass is 9.98. The van der Waals surface area contributed by atoms with Crippen molar-refractivity contribution in [3.8, 4) is 5.75 Å². The lowest BCUT2D eigenvalue weighted by molar-refractivity contribution is 0.135. The number of aliphatic hydroxyl groups excluding tert-OH is 1. The normalized spacial score (nSPS) is 14.3. The summed E-state index contributed by atoms with van der Waals surface area (Å²) in [7, 11) is 1.66. The van der Waals surface area contributed by atoms with Crippen molar-refractivity contribution in [2.75, 3.05) is 26.8 Å². The Morgan fingerprint density at radius 2 is 1.90 bits per heavy atom. The molecular formula is C16H28N2O2. The van der Waals surface area contributed by atoms with Crippen LogP contribution in [0.15, 0.2) is 24.3 Å². The number of methoxy groups -OCH3 is 1. The molecule has 2 atom stereocenters. The molecule has 114 valence electrons. The molecule has 0 heterocycles. The predicted octanol–water partition coefficient (Wildman–Crippen LogP) is 2.18. The van der Waals surface area contributed by atoms with E-state index in [2.05, 4.69) is 24.0 Å². The molecular weight excluding hydrogens is 252 g/mol. The van der Waals surface area contributed by atoms with Crippen LogP contribution in [0.5, 0.6) is 5.75 Å². The molecule has 0 spiro atoms. The van der Waals surface area contributed by atoms with Gasteiger partial charge in [-0.2, -0.15) is 0 Å². The van der Waals surface area contributed by atoms with E-state index in [9.17, 15) is 5.11 Å². The summed E-state index contributed by atoms with van der Waals surface area (Å²) in [5, 5.41) is 9.29. The number of ether oxygens (including phenoxy) is 1. The molecule has 0 radical (unpaired) electrons. The predicted molar refractivity (Wildman–Crippen MR) is 83.0 cm³/mol. The van der Waals surface area contributed by atoms with Crippen LogP contribution >= 0.6 is 0 Å². The second kappa shape index (κ2) is 8.95. The van der Waals surface area contributed by atoms with Crippen LogP contribution in [0.25, 0.3) is 0 Å². The summed E-state index contributed by atoms with van der Waals surface area (Å²) in [5.74, 6) is 0.847. The Balaban J connectivity index is 2.93. The van der Waals surface area contributed by atoms with Crippen molar-refractivity contribution in [1.82, 2.24) is 4.90 Å². The lowest BCUT2D eigenvalue weighted by Crippen LogP contribution is -2.41. The maximum absolute atomic E-state index is 9.29. The molecule has 2 unspecified atom stereocenters. The van der Waals surface area contributed by atoms with Crippen LogP contribution in [-0.4, -0.2) is 42.9 Å². The molecule has 4 heteroatoms. The summed E-state index contributed by atoms with van der Waals surface area (Å²) in [6.07, 6.45) is 2.25. The minimum atomic E-state index is 0.00630. The van der Waals surface area contributed by atoms with E-state index < -0.39 is 0 Å². The first-order valence-corrected chi connectivity index (χ1v) is 7.38. The molecule has 1 aromatic carbocycles. The fourth-order valence-electron chi connectivity index (χ4n) is 2.53. The van der Waals surface area contributed by atoms with Gasteiger partial charge in [0.25, 0.3) is 0 Å². The van der Waals surface area contributed by atoms with Crippen LogP contribution in [-0.2, 0) is 0 Å². The van der Waals surface area contributed by atoms with E-state index in [0.29, 0.717) is 6.54 Å². The molecule has 3 N–H and O–H groups in total. The average molecular weight is 280 g/mol. The molecule has 20 heavy (non-hydrogen) atoms. The summed E-state index contributed by atoms with van der Waals surface area (Å²) in [4.78, 5) is 2.27. The first-order chi connectivity index (χ1) is 9.63. The topological polar surface area (TPSA) is 58.7 Å². The first kappa shape index (κ1) is 17.0. The Morgan fingerprint density at radius 1 is 1.25 bits per heavy atom. The molecule has 1 rings (SSSR count). The molecule has 0 saturated heterocycles. The van der Waals surface area contributed by atoms with Gasteiger partial charge in [0.05, 0.1) is 13.7 Å². The standard InChI is InChI=1S/C16H28N2O2/c1-4-5-10-18(11-12-19)16(13(2)17)14-6-8-15(20-3)9-7-14/h6-9,13,16,19H,4-5,10-12,17H2,1-3H3. The SMILES string of the molecule is CCCCN(CCO)C(c1ccc(OC)cc1)C(C)N. The summed E-state index contributed by atoms with van der Waals surface area (Å²) >= 11 is 0. The van der Waals surface area contributed by atoms with E-state index in [1.807, 2.05) is 19.1 Å². The number of hydrogen-bond acceptors (Lipinski definition) is 4. The van der Waals surface area contributed by atoms with Gasteiger partial charge in [-0.05, 0) is 37.6 Å². The highest BCUT2D eigenvalue weighted by Gasteiger charge is 2.23. The van der Waals surface area contributed by atoms with Gasteiger partial charge in [-0.1, -0.05) is 25.5 Å². The molecule has 4 nitrogen and oxygen atoms in total. The summed E-state index contributed by atoms with van der Waals surface area (Å²) in [6.45, 7) is 5.95. The van der Waals surface area contributed by atoms with Crippen molar-refractivity contribution >= 4 is 0 Å². The molecule has 1 aromatic rings. The number of benzene rings is 1. The summed E-state index contributed by atoms with van der Waals surface area (Å²) < 4.78 is 5.20. The van der Waals surface area contributed by atoms with Crippen molar-refractivity contribution in [3.05, 3.63) is 29.8 Å². The van der Waals surface area contributed by atoms with E-state index in [4.69, 9.17) is 10.5 Å². The zero-order valence-corrected chi connectivity index (χ0v) is 12.9. The molecule has 0 amide bonds. The highest BCUT2D eigenvalue weighted by molar-refractivity contribution is 5.29. The van der Waals surface area contributed by atoms with E-state index in [1.165, 1.54) is 5.56 Å². The number of unbranched alkanes of at least 4 members (excludes halogenated alkanes) is 1. The van der Waals surface area contributed by atoms with Gasteiger partial charge in [0.15, 0.2) is 0 Å². The Kier molecular flexibility index (Phi) is 7.59. The Morgan fingerprint density at radius 3 is 2.35 bits per heavy atom. The van der Waals surface area contributed by atoms with E-state index in [0.717, 1.165) is 25.1 Å². The van der Waals surface area contributed by atoms with Crippen LogP contribution in [0.2, 0.25) is 0 Å². The van der Waals surface area contributed by atoms with Gasteiger partial charge in [0, 0.05) is 18.6 Å². The number of nitrogens with zero attached hydrogens (tertiary/aromatic N) is 1. The van der Waals surface area contributed by atoms with Crippen molar-refractivity contribution in [1.29, 1.82) is 0 Å². The second-order valence-electron chi connectivity index (χ2n) is 5.19. The molecule has 0 bridgehead atoms. The largest absolute Gasteiger partial charge is 0.497 e. The van der Waals surface area contributed by atoms with Gasteiger partial charge in [0.1, 0.15) is 5.75 Å². The zero-order valence-electron chi connectivity index (χ0n) is 12.9. The van der Waals surface area contributed by atoms with Gasteiger partial charge in [0.2, 0.25) is 0 Å². The maximum atomic E-state index is 9.29. The zero-order chi connectivity index (χ0) is 15.0. The monoisotopic (exact) mass is 280 g/mol. The highest BCUT2D eigenvalue weighted by Crippen LogP contribution is 2.25. The van der Waals surface area contributed by atoms with E-state index >= 15 is 0 Å². The quantitative estimate of drug-likeness (QED) is 0.728. The van der Waals surface area contributed by atoms with Crippen molar-refractivity contribution < 1.29 is 9.84 Å². The van der Waals surface area contributed by atoms with Crippen molar-refractivity contribution in [2.24, 2.45) is 5.73 Å². The third-order valence-corrected chi connectivity index (χ3v) is 3.53. The fourth-order valence-corrected chi connectivity index (χ4v) is 2.53. The van der Waals surface area contributed by atoms with E-state index in [1.54, 1.807) is 7.11 Å². The molecule has 0 aliphatic carbocycles. The fraction of sp³-hybridized carbons (Fsp3) is 0.625. The van der Waals surface area contributed by atoms with Crippen LogP contribution < -0.4 is 10.5 Å². The smallest absolute Gasteiger partial charge is 0.118 e. The molecule has 0 aliphatic rings. The Labute approximate surface area is 122 Å². The van der Waals surface area contributed by atoms with Gasteiger partial charge in [-0.25, -0.2) is 0 Å². The molecule has 0 fully saturated rings. The highest BCUT2D eigenvalue weighted by atomic mass is 16.5. The lowest BCUT2D eigenvalue weighted by Gasteiger charge is -2.34. The van der Waals surface area contributed by atoms with Crippen LogP contribution in [0, 0.1) is 0 Å². The van der Waals surface area contributed by atoms with Gasteiger partial charge >= 0.3 is 0 Å². The summed E-state index contributed by atoms with van der Waals surface area (Å²) in [6, 6.07) is 8.17. The molecule has 0 saturated carbocycles. The third-order valence-electron chi connectivity index (χ3n) is 3.53. The van der Waals surface area contributed by atoms with Crippen LogP contribution in [0.4, 0.5) is 0 Å². The number of aliphatic hydroxyl groups is 1. The third kappa shape index (κ3) is 4.78. The van der Waals surface area contributed by atoms with Crippen LogP contribution in [0.1, 0.15) is 38.3 Å². The van der Waals surface area contributed by atoms with Gasteiger partial charge < -0.3 is 15.6 Å². The van der Waals surface area contributed by atoms with Crippen LogP contribution in [0.3, 0.4) is 0 Å². The van der Waals surface area contributed by atoms with Crippen molar-refractivity contribution in [2.45, 2.75) is 38.8 Å². The first-order valence-electron chi connectivity index (χ1n) is 7.38. The minimum absolute atomic E-state index is 0.00630.